The second kappa shape index (κ2) is 7.55. The Balaban J connectivity index is 1.58. The van der Waals surface area contributed by atoms with Crippen LogP contribution in [0.25, 0.3) is 11.1 Å². The van der Waals surface area contributed by atoms with Gasteiger partial charge >= 0.3 is 5.97 Å². The minimum Gasteiger partial charge on any atom is -0.459 e. The highest BCUT2D eigenvalue weighted by atomic mass is 19.1. The molecule has 1 saturated heterocycles. The number of alkyl halides is 1. The first-order valence-electron chi connectivity index (χ1n) is 7.82. The Kier molecular flexibility index (Phi) is 5.23. The van der Waals surface area contributed by atoms with Crippen molar-refractivity contribution in [2.45, 2.75) is 25.0 Å². The molecule has 1 fully saturated rings. The van der Waals surface area contributed by atoms with Gasteiger partial charge in [-0.1, -0.05) is 42.5 Å². The minimum atomic E-state index is -1.19. The molecule has 0 amide bonds. The van der Waals surface area contributed by atoms with Crippen molar-refractivity contribution in [1.29, 1.82) is 0 Å². The van der Waals surface area contributed by atoms with E-state index in [-0.39, 0.29) is 13.0 Å². The maximum Gasteiger partial charge on any atom is 0.338 e. The number of esters is 1. The molecule has 0 spiro atoms. The summed E-state index contributed by atoms with van der Waals surface area (Å²) in [4.78, 5) is 12.1. The summed E-state index contributed by atoms with van der Waals surface area (Å²) in [6.45, 7) is -0.125. The van der Waals surface area contributed by atoms with E-state index in [1.807, 2.05) is 42.5 Å². The molecule has 0 aliphatic carbocycles. The Labute approximate surface area is 140 Å². The van der Waals surface area contributed by atoms with E-state index >= 15 is 0 Å². The van der Waals surface area contributed by atoms with Gasteiger partial charge in [0.15, 0.2) is 6.29 Å². The molecule has 3 rings (SSSR count). The van der Waals surface area contributed by atoms with Crippen molar-refractivity contribution < 1.29 is 23.4 Å². The standard InChI is InChI=1S/C19H19FO4/c1-22-18-11-16(20)17(24-18)12-23-19(21)15-9-7-14(8-10-15)13-5-3-2-4-6-13/h2-10,16-18H,11-12H2,1H3. The first-order chi connectivity index (χ1) is 11.7. The monoisotopic (exact) mass is 330 g/mol. The predicted molar refractivity (Wildman–Crippen MR) is 87.3 cm³/mol. The van der Waals surface area contributed by atoms with Crippen LogP contribution in [0.4, 0.5) is 4.39 Å². The Bertz CT molecular complexity index is 672. The minimum absolute atomic E-state index is 0.125. The Morgan fingerprint density at radius 2 is 1.79 bits per heavy atom. The smallest absolute Gasteiger partial charge is 0.338 e. The van der Waals surface area contributed by atoms with E-state index in [2.05, 4.69) is 0 Å². The number of benzene rings is 2. The number of rotatable bonds is 5. The third-order valence-corrected chi connectivity index (χ3v) is 4.02. The molecule has 0 N–H and O–H groups in total. The van der Waals surface area contributed by atoms with Crippen LogP contribution in [0.15, 0.2) is 54.6 Å². The molecule has 4 nitrogen and oxygen atoms in total. The normalized spacial score (nSPS) is 23.2. The highest BCUT2D eigenvalue weighted by Gasteiger charge is 2.36. The van der Waals surface area contributed by atoms with Crippen LogP contribution in [0.3, 0.4) is 0 Å². The Morgan fingerprint density at radius 3 is 2.42 bits per heavy atom. The van der Waals surface area contributed by atoms with Crippen LogP contribution in [0.5, 0.6) is 0 Å². The fourth-order valence-electron chi connectivity index (χ4n) is 2.64. The number of ether oxygens (including phenoxy) is 3. The van der Waals surface area contributed by atoms with Gasteiger partial charge in [0.25, 0.3) is 0 Å². The molecule has 24 heavy (non-hydrogen) atoms. The Morgan fingerprint density at radius 1 is 1.12 bits per heavy atom. The molecule has 1 heterocycles. The quantitative estimate of drug-likeness (QED) is 0.786. The maximum atomic E-state index is 13.7. The molecule has 2 aromatic rings. The first-order valence-corrected chi connectivity index (χ1v) is 7.82. The molecule has 3 atom stereocenters. The topological polar surface area (TPSA) is 44.8 Å². The van der Waals surface area contributed by atoms with E-state index in [1.165, 1.54) is 7.11 Å². The molecule has 1 aliphatic heterocycles. The highest BCUT2D eigenvalue weighted by molar-refractivity contribution is 5.90. The summed E-state index contributed by atoms with van der Waals surface area (Å²) in [5.41, 5.74) is 2.51. The van der Waals surface area contributed by atoms with Crippen LogP contribution < -0.4 is 0 Å². The van der Waals surface area contributed by atoms with Gasteiger partial charge < -0.3 is 14.2 Å². The molecule has 0 bridgehead atoms. The molecule has 0 aromatic heterocycles. The van der Waals surface area contributed by atoms with E-state index in [9.17, 15) is 9.18 Å². The van der Waals surface area contributed by atoms with Crippen molar-refractivity contribution in [3.05, 3.63) is 60.2 Å². The van der Waals surface area contributed by atoms with Gasteiger partial charge in [0.1, 0.15) is 18.9 Å². The average molecular weight is 330 g/mol. The predicted octanol–water partition coefficient (Wildman–Crippen LogP) is 3.61. The zero-order valence-electron chi connectivity index (χ0n) is 13.4. The molecular weight excluding hydrogens is 311 g/mol. The second-order valence-electron chi connectivity index (χ2n) is 5.63. The summed E-state index contributed by atoms with van der Waals surface area (Å²) < 4.78 is 29.2. The van der Waals surface area contributed by atoms with Crippen molar-refractivity contribution in [3.63, 3.8) is 0 Å². The third kappa shape index (κ3) is 3.80. The third-order valence-electron chi connectivity index (χ3n) is 4.02. The Hall–Kier alpha value is -2.24. The number of methoxy groups -OCH3 is 1. The maximum absolute atomic E-state index is 13.7. The average Bonchev–Trinajstić information content (AvgIpc) is 3.00. The number of carbonyl (C=O) groups is 1. The van der Waals surface area contributed by atoms with Crippen LogP contribution in [0.1, 0.15) is 16.8 Å². The van der Waals surface area contributed by atoms with Gasteiger partial charge in [-0.25, -0.2) is 9.18 Å². The molecule has 1 aliphatic rings. The van der Waals surface area contributed by atoms with Crippen LogP contribution in [-0.4, -0.2) is 38.3 Å². The van der Waals surface area contributed by atoms with Crippen molar-refractivity contribution in [2.24, 2.45) is 0 Å². The summed E-state index contributed by atoms with van der Waals surface area (Å²) in [6.07, 6.45) is -2.38. The van der Waals surface area contributed by atoms with Crippen LogP contribution in [0.2, 0.25) is 0 Å². The number of halogens is 1. The molecule has 3 unspecified atom stereocenters. The van der Waals surface area contributed by atoms with Crippen molar-refractivity contribution in [1.82, 2.24) is 0 Å². The zero-order chi connectivity index (χ0) is 16.9. The van der Waals surface area contributed by atoms with Gasteiger partial charge in [0.05, 0.1) is 5.56 Å². The molecule has 5 heteroatoms. The highest BCUT2D eigenvalue weighted by Crippen LogP contribution is 2.24. The lowest BCUT2D eigenvalue weighted by molar-refractivity contribution is -0.126. The van der Waals surface area contributed by atoms with Gasteiger partial charge in [0, 0.05) is 13.5 Å². The fraction of sp³-hybridized carbons (Fsp3) is 0.316. The van der Waals surface area contributed by atoms with E-state index in [0.717, 1.165) is 11.1 Å². The van der Waals surface area contributed by atoms with Gasteiger partial charge in [-0.15, -0.1) is 0 Å². The van der Waals surface area contributed by atoms with Gasteiger partial charge in [-0.05, 0) is 23.3 Å². The largest absolute Gasteiger partial charge is 0.459 e. The van der Waals surface area contributed by atoms with Crippen molar-refractivity contribution in [3.8, 4) is 11.1 Å². The van der Waals surface area contributed by atoms with Crippen LogP contribution in [-0.2, 0) is 14.2 Å². The van der Waals surface area contributed by atoms with Crippen molar-refractivity contribution in [2.75, 3.05) is 13.7 Å². The van der Waals surface area contributed by atoms with Gasteiger partial charge in [-0.2, -0.15) is 0 Å². The molecule has 2 aromatic carbocycles. The first kappa shape index (κ1) is 16.6. The van der Waals surface area contributed by atoms with Crippen LogP contribution in [0, 0.1) is 0 Å². The number of carbonyl (C=O) groups excluding carboxylic acids is 1. The van der Waals surface area contributed by atoms with E-state index < -0.39 is 24.5 Å². The van der Waals surface area contributed by atoms with Crippen molar-refractivity contribution >= 4 is 5.97 Å². The fourth-order valence-corrected chi connectivity index (χ4v) is 2.64. The molecular formula is C19H19FO4. The lowest BCUT2D eigenvalue weighted by Crippen LogP contribution is -2.25. The molecule has 126 valence electrons. The summed E-state index contributed by atoms with van der Waals surface area (Å²) >= 11 is 0. The van der Waals surface area contributed by atoms with E-state index in [0.29, 0.717) is 5.56 Å². The summed E-state index contributed by atoms with van der Waals surface area (Å²) in [7, 11) is 1.46. The molecule has 0 saturated carbocycles. The lowest BCUT2D eigenvalue weighted by atomic mass is 10.0. The lowest BCUT2D eigenvalue weighted by Gasteiger charge is -2.13. The SMILES string of the molecule is COC1CC(F)C(COC(=O)c2ccc(-c3ccccc3)cc2)O1. The number of hydrogen-bond acceptors (Lipinski definition) is 4. The van der Waals surface area contributed by atoms with Gasteiger partial charge in [0.2, 0.25) is 0 Å². The summed E-state index contributed by atoms with van der Waals surface area (Å²) in [5.74, 6) is -0.494. The van der Waals surface area contributed by atoms with E-state index in [1.54, 1.807) is 12.1 Å². The molecule has 0 radical (unpaired) electrons. The number of hydrogen-bond donors (Lipinski definition) is 0. The van der Waals surface area contributed by atoms with Crippen LogP contribution >= 0.6 is 0 Å². The van der Waals surface area contributed by atoms with Gasteiger partial charge in [-0.3, -0.25) is 0 Å². The zero-order valence-corrected chi connectivity index (χ0v) is 13.4. The summed E-state index contributed by atoms with van der Waals surface area (Å²) in [6, 6.07) is 17.0. The van der Waals surface area contributed by atoms with E-state index in [4.69, 9.17) is 14.2 Å². The summed E-state index contributed by atoms with van der Waals surface area (Å²) in [5, 5.41) is 0. The second-order valence-corrected chi connectivity index (χ2v) is 5.63.